The third-order valence-electron chi connectivity index (χ3n) is 6.01. The van der Waals surface area contributed by atoms with Gasteiger partial charge in [0.15, 0.2) is 11.6 Å². The molecule has 2 heterocycles. The Morgan fingerprint density at radius 2 is 2.09 bits per heavy atom. The van der Waals surface area contributed by atoms with E-state index in [0.717, 1.165) is 30.2 Å². The average molecular weight is 469 g/mol. The first-order chi connectivity index (χ1) is 16.4. The number of halogens is 1. The maximum Gasteiger partial charge on any atom is 0.303 e. The Morgan fingerprint density at radius 3 is 2.76 bits per heavy atom. The molecule has 1 fully saturated rings. The minimum absolute atomic E-state index is 0.0131. The Bertz CT molecular complexity index is 1160. The molecule has 0 amide bonds. The van der Waals surface area contributed by atoms with Crippen molar-refractivity contribution in [2.24, 2.45) is 11.8 Å². The van der Waals surface area contributed by atoms with Crippen LogP contribution < -0.4 is 9.47 Å². The van der Waals surface area contributed by atoms with E-state index in [1.165, 1.54) is 13.2 Å². The summed E-state index contributed by atoms with van der Waals surface area (Å²) in [4.78, 5) is 15.2. The number of aromatic nitrogens is 2. The number of ether oxygens (including phenoxy) is 2. The molecule has 1 aromatic carbocycles. The van der Waals surface area contributed by atoms with Crippen LogP contribution in [0.3, 0.4) is 0 Å². The van der Waals surface area contributed by atoms with Crippen molar-refractivity contribution in [3.05, 3.63) is 59.2 Å². The number of rotatable bonds is 11. The second-order valence-electron chi connectivity index (χ2n) is 9.14. The van der Waals surface area contributed by atoms with Gasteiger partial charge in [-0.2, -0.15) is 0 Å². The first-order valence-electron chi connectivity index (χ1n) is 11.5. The number of nitrogens with zero attached hydrogens (tertiary/aromatic N) is 2. The molecule has 0 spiro atoms. The van der Waals surface area contributed by atoms with Crippen LogP contribution >= 0.6 is 0 Å². The van der Waals surface area contributed by atoms with Gasteiger partial charge in [-0.3, -0.25) is 4.79 Å². The topological polar surface area (TPSA) is 94.7 Å². The minimum Gasteiger partial charge on any atom is -0.487 e. The molecule has 180 valence electrons. The number of carboxylic acids is 1. The molecule has 1 aliphatic carbocycles. The Kier molecular flexibility index (Phi) is 7.14. The van der Waals surface area contributed by atoms with Crippen molar-refractivity contribution in [3.8, 4) is 23.0 Å². The molecule has 4 rings (SSSR count). The highest BCUT2D eigenvalue weighted by Crippen LogP contribution is 2.45. The van der Waals surface area contributed by atoms with E-state index in [9.17, 15) is 14.3 Å². The van der Waals surface area contributed by atoms with Crippen molar-refractivity contribution in [2.45, 2.75) is 52.1 Å². The molecule has 3 aromatic rings. The van der Waals surface area contributed by atoms with Crippen molar-refractivity contribution in [2.75, 3.05) is 7.11 Å². The maximum atomic E-state index is 14.6. The molecular formula is C26H29FN2O5. The molecule has 2 aromatic heterocycles. The summed E-state index contributed by atoms with van der Waals surface area (Å²) in [6.45, 7) is 4.27. The first-order valence-corrected chi connectivity index (χ1v) is 11.5. The molecule has 1 saturated carbocycles. The minimum atomic E-state index is -0.795. The molecule has 34 heavy (non-hydrogen) atoms. The van der Waals surface area contributed by atoms with Gasteiger partial charge < -0.3 is 19.1 Å². The normalized spacial score (nSPS) is 14.3. The van der Waals surface area contributed by atoms with Crippen LogP contribution in [0.5, 0.6) is 11.6 Å². The summed E-state index contributed by atoms with van der Waals surface area (Å²) >= 11 is 0. The highest BCUT2D eigenvalue weighted by molar-refractivity contribution is 5.68. The van der Waals surface area contributed by atoms with E-state index in [4.69, 9.17) is 14.0 Å². The van der Waals surface area contributed by atoms with Crippen LogP contribution in [0, 0.1) is 17.7 Å². The summed E-state index contributed by atoms with van der Waals surface area (Å²) in [5.41, 5.74) is 2.58. The van der Waals surface area contributed by atoms with Crippen LogP contribution in [-0.2, 0) is 17.8 Å². The van der Waals surface area contributed by atoms with E-state index in [-0.39, 0.29) is 36.3 Å². The van der Waals surface area contributed by atoms with Gasteiger partial charge in [-0.15, -0.1) is 0 Å². The summed E-state index contributed by atoms with van der Waals surface area (Å²) in [6.07, 6.45) is 3.95. The van der Waals surface area contributed by atoms with E-state index < -0.39 is 11.8 Å². The SMILES string of the molecule is COc1cc(-c2onc(COc3cccc([C@@H](CC(=O)O)C4CC4)c3)c2CC(C)C)c(F)cn1. The summed E-state index contributed by atoms with van der Waals surface area (Å²) in [6, 6.07) is 9.07. The number of aliphatic carboxylic acids is 1. The van der Waals surface area contributed by atoms with Gasteiger partial charge in [-0.05, 0) is 54.7 Å². The molecule has 0 saturated heterocycles. The lowest BCUT2D eigenvalue weighted by atomic mass is 9.91. The molecule has 0 radical (unpaired) electrons. The third-order valence-corrected chi connectivity index (χ3v) is 6.01. The fourth-order valence-electron chi connectivity index (χ4n) is 4.22. The second kappa shape index (κ2) is 10.2. The standard InChI is InChI=1S/C26H29FN2O5/c1-15(2)9-21-23(29-34-26(21)20-11-24(32-3)28-13-22(20)27)14-33-18-6-4-5-17(10-18)19(12-25(30)31)16-7-8-16/h4-6,10-11,13,15-16,19H,7-9,12,14H2,1-3H3,(H,30,31)/t19-/m0/s1. The van der Waals surface area contributed by atoms with Crippen LogP contribution in [0.4, 0.5) is 4.39 Å². The average Bonchev–Trinajstić information content (AvgIpc) is 3.58. The van der Waals surface area contributed by atoms with E-state index in [0.29, 0.717) is 29.5 Å². The highest BCUT2D eigenvalue weighted by Gasteiger charge is 2.34. The fraction of sp³-hybridized carbons (Fsp3) is 0.423. The Hall–Kier alpha value is -3.42. The zero-order chi connectivity index (χ0) is 24.2. The highest BCUT2D eigenvalue weighted by atomic mass is 19.1. The van der Waals surface area contributed by atoms with Crippen LogP contribution in [0.25, 0.3) is 11.3 Å². The van der Waals surface area contributed by atoms with E-state index >= 15 is 0 Å². The number of methoxy groups -OCH3 is 1. The second-order valence-corrected chi connectivity index (χ2v) is 9.14. The Labute approximate surface area is 197 Å². The fourth-order valence-corrected chi connectivity index (χ4v) is 4.22. The quantitative estimate of drug-likeness (QED) is 0.390. The van der Waals surface area contributed by atoms with Gasteiger partial charge in [0, 0.05) is 11.6 Å². The van der Waals surface area contributed by atoms with Gasteiger partial charge >= 0.3 is 5.97 Å². The number of carboxylic acid groups (broad SMARTS) is 1. The van der Waals surface area contributed by atoms with Crippen molar-refractivity contribution in [3.63, 3.8) is 0 Å². The van der Waals surface area contributed by atoms with Crippen molar-refractivity contribution in [1.82, 2.24) is 10.1 Å². The van der Waals surface area contributed by atoms with Crippen molar-refractivity contribution in [1.29, 1.82) is 0 Å². The molecule has 1 N–H and O–H groups in total. The monoisotopic (exact) mass is 468 g/mol. The van der Waals surface area contributed by atoms with Gasteiger partial charge in [-0.25, -0.2) is 9.37 Å². The summed E-state index contributed by atoms with van der Waals surface area (Å²) in [5.74, 6) is 0.616. The van der Waals surface area contributed by atoms with Crippen LogP contribution in [0.2, 0.25) is 0 Å². The van der Waals surface area contributed by atoms with Crippen LogP contribution in [0.15, 0.2) is 41.1 Å². The first kappa shape index (κ1) is 23.7. The number of benzene rings is 1. The molecule has 7 nitrogen and oxygen atoms in total. The molecule has 1 aliphatic rings. The summed E-state index contributed by atoms with van der Waals surface area (Å²) < 4.78 is 31.3. The van der Waals surface area contributed by atoms with Crippen molar-refractivity contribution < 1.29 is 28.3 Å². The summed E-state index contributed by atoms with van der Waals surface area (Å²) in [7, 11) is 1.47. The van der Waals surface area contributed by atoms with E-state index in [2.05, 4.69) is 24.0 Å². The number of pyridine rings is 1. The van der Waals surface area contributed by atoms with Crippen molar-refractivity contribution >= 4 is 5.97 Å². The van der Waals surface area contributed by atoms with Gasteiger partial charge in [0.1, 0.15) is 18.1 Å². The lowest BCUT2D eigenvalue weighted by Crippen LogP contribution is -2.09. The Balaban J connectivity index is 1.57. The number of carbonyl (C=O) groups is 1. The largest absolute Gasteiger partial charge is 0.487 e. The Morgan fingerprint density at radius 1 is 1.29 bits per heavy atom. The molecule has 0 bridgehead atoms. The number of hydrogen-bond donors (Lipinski definition) is 1. The third kappa shape index (κ3) is 5.55. The maximum absolute atomic E-state index is 14.6. The zero-order valence-corrected chi connectivity index (χ0v) is 19.6. The molecule has 0 unspecified atom stereocenters. The predicted octanol–water partition coefficient (Wildman–Crippen LogP) is 5.63. The van der Waals surface area contributed by atoms with Gasteiger partial charge in [0.2, 0.25) is 5.88 Å². The van der Waals surface area contributed by atoms with Gasteiger partial charge in [0.05, 0.1) is 25.3 Å². The van der Waals surface area contributed by atoms with Gasteiger partial charge in [-0.1, -0.05) is 31.1 Å². The van der Waals surface area contributed by atoms with Gasteiger partial charge in [0.25, 0.3) is 0 Å². The van der Waals surface area contributed by atoms with Crippen LogP contribution in [0.1, 0.15) is 55.8 Å². The molecule has 1 atom stereocenters. The molecular weight excluding hydrogens is 439 g/mol. The summed E-state index contributed by atoms with van der Waals surface area (Å²) in [5, 5.41) is 13.5. The predicted molar refractivity (Wildman–Crippen MR) is 123 cm³/mol. The van der Waals surface area contributed by atoms with Crippen LogP contribution in [-0.4, -0.2) is 28.3 Å². The van der Waals surface area contributed by atoms with E-state index in [1.807, 2.05) is 24.3 Å². The molecule has 8 heteroatoms. The molecule has 0 aliphatic heterocycles. The lowest BCUT2D eigenvalue weighted by molar-refractivity contribution is -0.137. The lowest BCUT2D eigenvalue weighted by Gasteiger charge is -2.16. The number of hydrogen-bond acceptors (Lipinski definition) is 6. The van der Waals surface area contributed by atoms with E-state index in [1.54, 1.807) is 0 Å². The smallest absolute Gasteiger partial charge is 0.303 e. The zero-order valence-electron chi connectivity index (χ0n) is 19.6.